The second-order valence-electron chi connectivity index (χ2n) is 4.64. The van der Waals surface area contributed by atoms with Crippen molar-refractivity contribution in [3.63, 3.8) is 0 Å². The standard InChI is InChI=1S/C13H16N6O/c1-8-7-9-5-3-4-6-10(9)19(8)12-15-11(18-14)16-13(17-12)20-2/h3-6,8H,7,14H2,1-2H3,(H,15,16,17,18). The normalized spacial score (nSPS) is 16.9. The van der Waals surface area contributed by atoms with E-state index in [2.05, 4.69) is 44.3 Å². The number of anilines is 3. The van der Waals surface area contributed by atoms with Gasteiger partial charge in [0.2, 0.25) is 11.9 Å². The minimum Gasteiger partial charge on any atom is -0.467 e. The number of fused-ring (bicyclic) bond motifs is 1. The van der Waals surface area contributed by atoms with Gasteiger partial charge in [-0.2, -0.15) is 15.0 Å². The highest BCUT2D eigenvalue weighted by atomic mass is 16.5. The summed E-state index contributed by atoms with van der Waals surface area (Å²) in [5, 5.41) is 0. The van der Waals surface area contributed by atoms with E-state index >= 15 is 0 Å². The summed E-state index contributed by atoms with van der Waals surface area (Å²) in [7, 11) is 1.51. The molecular formula is C13H16N6O. The van der Waals surface area contributed by atoms with Gasteiger partial charge in [-0.15, -0.1) is 0 Å². The minimum atomic E-state index is 0.236. The highest BCUT2D eigenvalue weighted by molar-refractivity contribution is 5.67. The van der Waals surface area contributed by atoms with Crippen LogP contribution in [-0.2, 0) is 6.42 Å². The lowest BCUT2D eigenvalue weighted by Crippen LogP contribution is -2.27. The molecule has 1 aromatic heterocycles. The fraction of sp³-hybridized carbons (Fsp3) is 0.308. The third kappa shape index (κ3) is 2.01. The first-order chi connectivity index (χ1) is 9.72. The molecule has 104 valence electrons. The monoisotopic (exact) mass is 272 g/mol. The number of aromatic nitrogens is 3. The summed E-state index contributed by atoms with van der Waals surface area (Å²) in [5.74, 6) is 6.20. The van der Waals surface area contributed by atoms with Crippen LogP contribution in [0.5, 0.6) is 6.01 Å². The van der Waals surface area contributed by atoms with Crippen LogP contribution in [0.4, 0.5) is 17.6 Å². The number of hydrogen-bond donors (Lipinski definition) is 2. The lowest BCUT2D eigenvalue weighted by atomic mass is 10.1. The van der Waals surface area contributed by atoms with Gasteiger partial charge in [-0.3, -0.25) is 5.43 Å². The van der Waals surface area contributed by atoms with E-state index in [4.69, 9.17) is 10.6 Å². The maximum absolute atomic E-state index is 5.39. The SMILES string of the molecule is COc1nc(NN)nc(N2c3ccccc3CC2C)n1. The van der Waals surface area contributed by atoms with Gasteiger partial charge in [-0.25, -0.2) is 5.84 Å². The Kier molecular flexibility index (Phi) is 3.11. The molecule has 0 fully saturated rings. The number of methoxy groups -OCH3 is 1. The fourth-order valence-electron chi connectivity index (χ4n) is 2.48. The highest BCUT2D eigenvalue weighted by Crippen LogP contribution is 2.36. The Bertz CT molecular complexity index is 610. The average Bonchev–Trinajstić information content (AvgIpc) is 2.82. The van der Waals surface area contributed by atoms with Crippen LogP contribution in [0.25, 0.3) is 0 Å². The molecule has 0 aliphatic carbocycles. The van der Waals surface area contributed by atoms with Gasteiger partial charge in [0.25, 0.3) is 0 Å². The molecule has 7 nitrogen and oxygen atoms in total. The van der Waals surface area contributed by atoms with Crippen molar-refractivity contribution < 1.29 is 4.74 Å². The van der Waals surface area contributed by atoms with E-state index in [0.29, 0.717) is 5.95 Å². The Labute approximate surface area is 116 Å². The van der Waals surface area contributed by atoms with Crippen molar-refractivity contribution in [1.29, 1.82) is 0 Å². The quantitative estimate of drug-likeness (QED) is 0.642. The molecule has 2 heterocycles. The third-order valence-corrected chi connectivity index (χ3v) is 3.34. The van der Waals surface area contributed by atoms with Crippen LogP contribution in [0.2, 0.25) is 0 Å². The molecule has 1 atom stereocenters. The maximum Gasteiger partial charge on any atom is 0.322 e. The summed E-state index contributed by atoms with van der Waals surface area (Å²) in [5.41, 5.74) is 4.82. The molecule has 0 amide bonds. The minimum absolute atomic E-state index is 0.236. The van der Waals surface area contributed by atoms with E-state index in [9.17, 15) is 0 Å². The number of benzene rings is 1. The molecule has 1 aromatic carbocycles. The van der Waals surface area contributed by atoms with Crippen molar-refractivity contribution in [1.82, 2.24) is 15.0 Å². The van der Waals surface area contributed by atoms with Crippen molar-refractivity contribution in [3.05, 3.63) is 29.8 Å². The van der Waals surface area contributed by atoms with E-state index in [1.807, 2.05) is 12.1 Å². The number of para-hydroxylation sites is 1. The van der Waals surface area contributed by atoms with Crippen LogP contribution in [0.3, 0.4) is 0 Å². The van der Waals surface area contributed by atoms with Gasteiger partial charge in [-0.05, 0) is 25.0 Å². The van der Waals surface area contributed by atoms with Crippen LogP contribution >= 0.6 is 0 Å². The van der Waals surface area contributed by atoms with Crippen LogP contribution in [-0.4, -0.2) is 28.1 Å². The molecule has 1 aliphatic heterocycles. The van der Waals surface area contributed by atoms with E-state index in [1.54, 1.807) is 0 Å². The zero-order valence-corrected chi connectivity index (χ0v) is 11.4. The molecule has 1 aliphatic rings. The Morgan fingerprint density at radius 3 is 2.85 bits per heavy atom. The van der Waals surface area contributed by atoms with Gasteiger partial charge in [-0.1, -0.05) is 18.2 Å². The Morgan fingerprint density at radius 1 is 1.30 bits per heavy atom. The molecule has 20 heavy (non-hydrogen) atoms. The molecule has 3 N–H and O–H groups in total. The topological polar surface area (TPSA) is 89.2 Å². The van der Waals surface area contributed by atoms with E-state index in [1.165, 1.54) is 12.7 Å². The summed E-state index contributed by atoms with van der Waals surface area (Å²) in [6.45, 7) is 2.13. The molecule has 7 heteroatoms. The van der Waals surface area contributed by atoms with Gasteiger partial charge >= 0.3 is 6.01 Å². The number of rotatable bonds is 3. The molecule has 0 radical (unpaired) electrons. The molecule has 2 aromatic rings. The number of hydrazine groups is 1. The van der Waals surface area contributed by atoms with Crippen LogP contribution in [0, 0.1) is 0 Å². The van der Waals surface area contributed by atoms with Gasteiger partial charge in [0.1, 0.15) is 0 Å². The Balaban J connectivity index is 2.08. The van der Waals surface area contributed by atoms with Gasteiger partial charge in [0.05, 0.1) is 7.11 Å². The molecule has 0 saturated heterocycles. The predicted octanol–water partition coefficient (Wildman–Crippen LogP) is 1.25. The number of nitrogens with two attached hydrogens (primary N) is 1. The number of nitrogens with one attached hydrogen (secondary N) is 1. The lowest BCUT2D eigenvalue weighted by molar-refractivity contribution is 0.379. The fourth-order valence-corrected chi connectivity index (χ4v) is 2.48. The largest absolute Gasteiger partial charge is 0.467 e. The summed E-state index contributed by atoms with van der Waals surface area (Å²) in [6.07, 6.45) is 0.954. The number of nitrogens with zero attached hydrogens (tertiary/aromatic N) is 4. The molecule has 1 unspecified atom stereocenters. The van der Waals surface area contributed by atoms with E-state index < -0.39 is 0 Å². The van der Waals surface area contributed by atoms with Crippen molar-refractivity contribution in [2.45, 2.75) is 19.4 Å². The van der Waals surface area contributed by atoms with Crippen molar-refractivity contribution in [3.8, 4) is 6.01 Å². The third-order valence-electron chi connectivity index (χ3n) is 3.34. The summed E-state index contributed by atoms with van der Waals surface area (Å²) in [6, 6.07) is 8.72. The molecule has 3 rings (SSSR count). The maximum atomic E-state index is 5.39. The number of hydrogen-bond acceptors (Lipinski definition) is 7. The number of nitrogen functional groups attached to an aromatic ring is 1. The zero-order chi connectivity index (χ0) is 14.1. The van der Waals surface area contributed by atoms with Crippen molar-refractivity contribution >= 4 is 17.6 Å². The summed E-state index contributed by atoms with van der Waals surface area (Å²) in [4.78, 5) is 14.7. The van der Waals surface area contributed by atoms with Gasteiger partial charge in [0.15, 0.2) is 0 Å². The zero-order valence-electron chi connectivity index (χ0n) is 11.4. The molecular weight excluding hydrogens is 256 g/mol. The Morgan fingerprint density at radius 2 is 2.10 bits per heavy atom. The average molecular weight is 272 g/mol. The van der Waals surface area contributed by atoms with Crippen LogP contribution in [0.15, 0.2) is 24.3 Å². The second kappa shape index (κ2) is 4.93. The first-order valence-electron chi connectivity index (χ1n) is 6.36. The van der Waals surface area contributed by atoms with Crippen molar-refractivity contribution in [2.24, 2.45) is 5.84 Å². The summed E-state index contributed by atoms with van der Waals surface area (Å²) >= 11 is 0. The first-order valence-corrected chi connectivity index (χ1v) is 6.36. The van der Waals surface area contributed by atoms with Crippen molar-refractivity contribution in [2.75, 3.05) is 17.4 Å². The predicted molar refractivity (Wildman–Crippen MR) is 75.9 cm³/mol. The van der Waals surface area contributed by atoms with Gasteiger partial charge < -0.3 is 9.64 Å². The van der Waals surface area contributed by atoms with Gasteiger partial charge in [0, 0.05) is 11.7 Å². The summed E-state index contributed by atoms with van der Waals surface area (Å²) < 4.78 is 5.10. The smallest absolute Gasteiger partial charge is 0.322 e. The first kappa shape index (κ1) is 12.6. The highest BCUT2D eigenvalue weighted by Gasteiger charge is 2.29. The van der Waals surface area contributed by atoms with Crippen LogP contribution < -0.4 is 20.9 Å². The van der Waals surface area contributed by atoms with E-state index in [-0.39, 0.29) is 18.0 Å². The van der Waals surface area contributed by atoms with Crippen LogP contribution in [0.1, 0.15) is 12.5 Å². The second-order valence-corrected chi connectivity index (χ2v) is 4.64. The molecule has 0 bridgehead atoms. The number of ether oxygens (including phenoxy) is 1. The molecule has 0 spiro atoms. The molecule has 0 saturated carbocycles. The Hall–Kier alpha value is -2.41. The lowest BCUT2D eigenvalue weighted by Gasteiger charge is -2.22. The van der Waals surface area contributed by atoms with E-state index in [0.717, 1.165) is 12.1 Å².